The molecule has 1 fully saturated rings. The fourth-order valence-corrected chi connectivity index (χ4v) is 6.98. The van der Waals surface area contributed by atoms with Crippen molar-refractivity contribution in [2.24, 2.45) is 5.11 Å². The van der Waals surface area contributed by atoms with E-state index in [2.05, 4.69) is 112 Å². The van der Waals surface area contributed by atoms with Crippen LogP contribution in [0.25, 0.3) is 10.4 Å². The second-order valence-electron chi connectivity index (χ2n) is 14.5. The number of hydrogen-bond acceptors (Lipinski definition) is 5. The van der Waals surface area contributed by atoms with Crippen molar-refractivity contribution in [3.63, 3.8) is 0 Å². The van der Waals surface area contributed by atoms with E-state index in [4.69, 9.17) is 29.6 Å². The lowest BCUT2D eigenvalue weighted by Gasteiger charge is -2.51. The number of rotatable bonds is 8. The zero-order valence-electron chi connectivity index (χ0n) is 24.9. The highest BCUT2D eigenvalue weighted by Crippen LogP contribution is 2.44. The van der Waals surface area contributed by atoms with Gasteiger partial charge in [-0.3, -0.25) is 0 Å². The minimum atomic E-state index is -2.27. The van der Waals surface area contributed by atoms with Gasteiger partial charge in [0.25, 0.3) is 0 Å². The van der Waals surface area contributed by atoms with Crippen LogP contribution >= 0.6 is 11.6 Å². The smallest absolute Gasteiger partial charge is 0.192 e. The predicted molar refractivity (Wildman–Crippen MR) is 155 cm³/mol. The molecule has 0 saturated carbocycles. The number of ether oxygens (including phenoxy) is 1. The predicted octanol–water partition coefficient (Wildman–Crippen LogP) is 8.43. The van der Waals surface area contributed by atoms with Gasteiger partial charge >= 0.3 is 0 Å². The molecule has 0 spiro atoms. The number of azide groups is 1. The molecule has 0 N–H and O–H groups in total. The van der Waals surface area contributed by atoms with E-state index in [1.807, 2.05) is 0 Å². The van der Waals surface area contributed by atoms with Crippen molar-refractivity contribution < 1.29 is 18.0 Å². The molecule has 0 aliphatic carbocycles. The zero-order valence-corrected chi connectivity index (χ0v) is 28.7. The molecule has 206 valence electrons. The quantitative estimate of drug-likeness (QED) is 0.0970. The Kier molecular flexibility index (Phi) is 10.5. The molecule has 1 saturated heterocycles. The van der Waals surface area contributed by atoms with Crippen LogP contribution in [0.5, 0.6) is 0 Å². The molecule has 1 aliphatic heterocycles. The Bertz CT molecular complexity index is 769. The maximum absolute atomic E-state index is 9.37. The SMILES string of the molecule is CC(C)(C)[Si](C)(C)OC[C@H]1OC(Cl)[C@H](N=[N+]=[N-])[C@@H](O[Si](C)(C)C(C)(C)C)[C@H]1O[Si](C)(C)C(C)(C)C. The van der Waals surface area contributed by atoms with Crippen LogP contribution in [0.4, 0.5) is 0 Å². The lowest BCUT2D eigenvalue weighted by Crippen LogP contribution is -2.65. The second-order valence-corrected chi connectivity index (χ2v) is 29.2. The molecular formula is C24H52ClN3O4Si3. The van der Waals surface area contributed by atoms with Crippen molar-refractivity contribution in [2.75, 3.05) is 6.61 Å². The van der Waals surface area contributed by atoms with Crippen molar-refractivity contribution in [3.8, 4) is 0 Å². The van der Waals surface area contributed by atoms with Crippen molar-refractivity contribution in [1.29, 1.82) is 0 Å². The number of alkyl halides is 1. The highest BCUT2D eigenvalue weighted by Gasteiger charge is 2.54. The topological polar surface area (TPSA) is 85.7 Å². The van der Waals surface area contributed by atoms with Crippen LogP contribution in [0.3, 0.4) is 0 Å². The molecule has 7 nitrogen and oxygen atoms in total. The molecule has 0 aromatic carbocycles. The fourth-order valence-electron chi connectivity index (χ4n) is 3.01. The maximum Gasteiger partial charge on any atom is 0.192 e. The molecule has 1 aliphatic rings. The first-order chi connectivity index (χ1) is 15.4. The molecule has 0 aromatic rings. The molecular weight excluding hydrogens is 514 g/mol. The standard InChI is InChI=1S/C24H52ClN3O4Si3/c1-22(2,3)33(10,11)29-16-17-19(31-34(12,13)23(4,5)6)20(18(27-28-26)21(25)30-17)32-35(14,15)24(7,8)9/h17-21H,16H2,1-15H3/t17-,18-,19+,20-,21?/m1/s1. The van der Waals surface area contributed by atoms with Gasteiger partial charge in [-0.15, -0.1) is 0 Å². The summed E-state index contributed by atoms with van der Waals surface area (Å²) < 4.78 is 26.8. The molecule has 11 heteroatoms. The summed E-state index contributed by atoms with van der Waals surface area (Å²) in [5, 5.41) is 4.06. The first-order valence-electron chi connectivity index (χ1n) is 12.7. The third-order valence-electron chi connectivity index (χ3n) is 8.67. The Balaban J connectivity index is 3.56. The first-order valence-corrected chi connectivity index (χ1v) is 21.9. The van der Waals surface area contributed by atoms with Gasteiger partial charge in [-0.2, -0.15) is 0 Å². The summed E-state index contributed by atoms with van der Waals surface area (Å²) >= 11 is 6.72. The molecule has 1 unspecified atom stereocenters. The second kappa shape index (κ2) is 11.1. The van der Waals surface area contributed by atoms with Crippen LogP contribution in [0.2, 0.25) is 54.4 Å². The van der Waals surface area contributed by atoms with E-state index in [0.717, 1.165) is 0 Å². The third-order valence-corrected chi connectivity index (χ3v) is 22.5. The van der Waals surface area contributed by atoms with Gasteiger partial charge in [-0.25, -0.2) is 0 Å². The van der Waals surface area contributed by atoms with Crippen molar-refractivity contribution >= 4 is 36.6 Å². The van der Waals surface area contributed by atoms with Gasteiger partial charge in [-0.1, -0.05) is 79.0 Å². The number of hydrogen-bond donors (Lipinski definition) is 0. The van der Waals surface area contributed by atoms with E-state index in [0.29, 0.717) is 6.61 Å². The van der Waals surface area contributed by atoms with E-state index in [1.165, 1.54) is 0 Å². The van der Waals surface area contributed by atoms with Crippen LogP contribution in [0.1, 0.15) is 62.3 Å². The van der Waals surface area contributed by atoms with Gasteiger partial charge < -0.3 is 18.0 Å². The monoisotopic (exact) mass is 565 g/mol. The summed E-state index contributed by atoms with van der Waals surface area (Å²) in [4.78, 5) is 3.10. The van der Waals surface area contributed by atoms with Crippen molar-refractivity contribution in [3.05, 3.63) is 10.4 Å². The van der Waals surface area contributed by atoms with Gasteiger partial charge in [-0.05, 0) is 59.9 Å². The average Bonchev–Trinajstić information content (AvgIpc) is 2.62. The minimum Gasteiger partial charge on any atom is -0.414 e. The van der Waals surface area contributed by atoms with Gasteiger partial charge in [0, 0.05) is 4.91 Å². The molecule has 0 radical (unpaired) electrons. The Morgan fingerprint density at radius 1 is 0.771 bits per heavy atom. The summed E-state index contributed by atoms with van der Waals surface area (Å²) in [5.41, 5.74) is 8.55. The molecule has 5 atom stereocenters. The van der Waals surface area contributed by atoms with Gasteiger partial charge in [0.05, 0.1) is 18.8 Å². The van der Waals surface area contributed by atoms with Crippen LogP contribution in [0.15, 0.2) is 5.11 Å². The normalized spacial score (nSPS) is 27.5. The van der Waals surface area contributed by atoms with E-state index in [9.17, 15) is 5.53 Å². The summed E-state index contributed by atoms with van der Waals surface area (Å²) in [5.74, 6) is 0. The van der Waals surface area contributed by atoms with Crippen molar-refractivity contribution in [2.45, 2.75) is 147 Å². The Morgan fingerprint density at radius 2 is 1.17 bits per heavy atom. The summed E-state index contributed by atoms with van der Waals surface area (Å²) in [7, 11) is -6.57. The Hall–Kier alpha value is 0.0906. The van der Waals surface area contributed by atoms with Gasteiger partial charge in [0.1, 0.15) is 17.7 Å². The lowest BCUT2D eigenvalue weighted by molar-refractivity contribution is -0.156. The van der Waals surface area contributed by atoms with Crippen LogP contribution in [-0.4, -0.2) is 61.5 Å². The molecule has 1 heterocycles. The minimum absolute atomic E-state index is 0.0227. The fraction of sp³-hybridized carbons (Fsp3) is 1.00. The summed E-state index contributed by atoms with van der Waals surface area (Å²) in [6, 6.07) is -0.699. The van der Waals surface area contributed by atoms with Crippen LogP contribution in [0, 0.1) is 0 Å². The largest absolute Gasteiger partial charge is 0.414 e. The van der Waals surface area contributed by atoms with Crippen LogP contribution < -0.4 is 0 Å². The van der Waals surface area contributed by atoms with Crippen LogP contribution in [-0.2, 0) is 18.0 Å². The van der Waals surface area contributed by atoms with Gasteiger partial charge in [0.2, 0.25) is 0 Å². The molecule has 1 rings (SSSR count). The lowest BCUT2D eigenvalue weighted by atomic mass is 9.99. The van der Waals surface area contributed by atoms with E-state index in [1.54, 1.807) is 0 Å². The van der Waals surface area contributed by atoms with Gasteiger partial charge in [0.15, 0.2) is 25.0 Å². The molecule has 0 bridgehead atoms. The first kappa shape index (κ1) is 33.1. The van der Waals surface area contributed by atoms with E-state index < -0.39 is 54.9 Å². The maximum atomic E-state index is 9.37. The zero-order chi connectivity index (χ0) is 27.8. The Morgan fingerprint density at radius 3 is 1.54 bits per heavy atom. The molecule has 0 amide bonds. The Labute approximate surface area is 223 Å². The highest BCUT2D eigenvalue weighted by molar-refractivity contribution is 6.75. The van der Waals surface area contributed by atoms with E-state index >= 15 is 0 Å². The summed E-state index contributed by atoms with van der Waals surface area (Å²) in [6.07, 6.45) is -1.41. The molecule has 0 aromatic heterocycles. The number of halogens is 1. The van der Waals surface area contributed by atoms with Crippen molar-refractivity contribution in [1.82, 2.24) is 0 Å². The highest BCUT2D eigenvalue weighted by atomic mass is 35.5. The summed E-state index contributed by atoms with van der Waals surface area (Å²) in [6.45, 7) is 33.5. The molecule has 35 heavy (non-hydrogen) atoms. The van der Waals surface area contributed by atoms with E-state index in [-0.39, 0.29) is 15.1 Å². The third kappa shape index (κ3) is 8.04. The number of nitrogens with zero attached hydrogens (tertiary/aromatic N) is 3. The average molecular weight is 566 g/mol.